The zero-order valence-corrected chi connectivity index (χ0v) is 27.5. The zero-order valence-electron chi connectivity index (χ0n) is 26.7. The first-order valence-electron chi connectivity index (χ1n) is 15.6. The summed E-state index contributed by atoms with van der Waals surface area (Å²) in [7, 11) is 0. The maximum Gasteiger partial charge on any atom is 0.329 e. The van der Waals surface area contributed by atoms with Crippen LogP contribution in [0.5, 0.6) is 0 Å². The highest BCUT2D eigenvalue weighted by atomic mass is 32.2. The minimum atomic E-state index is -1.26. The standard InChI is InChI=1S/C38H40F2N2O3S/c1-5-27-11-9-12-28(6-2)35(27)42(22-26-16-30(39)19-31(40)17-26)21-25-14-15-33(34(18-25)32-13-8-7-10-24(32)3)36(43)41-38(37(44)45)20-29(38)23-46-4/h7-19,29H,5-6,20-23H2,1-4H3,(H,41,43)(H,44,45)/t29?,38-/m1/s1. The van der Waals surface area contributed by atoms with Crippen LogP contribution in [0.4, 0.5) is 14.5 Å². The fourth-order valence-corrected chi connectivity index (χ4v) is 7.24. The largest absolute Gasteiger partial charge is 0.479 e. The lowest BCUT2D eigenvalue weighted by Gasteiger charge is -2.30. The van der Waals surface area contributed by atoms with E-state index in [9.17, 15) is 23.5 Å². The van der Waals surface area contributed by atoms with Crippen LogP contribution in [0.25, 0.3) is 11.1 Å². The van der Waals surface area contributed by atoms with E-state index in [4.69, 9.17) is 0 Å². The lowest BCUT2D eigenvalue weighted by atomic mass is 9.93. The molecule has 0 radical (unpaired) electrons. The van der Waals surface area contributed by atoms with Gasteiger partial charge < -0.3 is 15.3 Å². The summed E-state index contributed by atoms with van der Waals surface area (Å²) in [5.41, 5.74) is 6.41. The number of amides is 1. The van der Waals surface area contributed by atoms with Gasteiger partial charge in [0.05, 0.1) is 0 Å². The summed E-state index contributed by atoms with van der Waals surface area (Å²) in [6.45, 7) is 6.86. The molecule has 0 aliphatic heterocycles. The highest BCUT2D eigenvalue weighted by Crippen LogP contribution is 2.46. The smallest absolute Gasteiger partial charge is 0.329 e. The van der Waals surface area contributed by atoms with Gasteiger partial charge >= 0.3 is 5.97 Å². The van der Waals surface area contributed by atoms with Crippen LogP contribution in [0.2, 0.25) is 0 Å². The van der Waals surface area contributed by atoms with Crippen molar-refractivity contribution in [2.45, 2.75) is 58.7 Å². The molecule has 1 amide bonds. The molecule has 46 heavy (non-hydrogen) atoms. The first kappa shape index (κ1) is 33.2. The molecule has 4 aromatic rings. The quantitative estimate of drug-likeness (QED) is 0.154. The summed E-state index contributed by atoms with van der Waals surface area (Å²) in [6, 6.07) is 23.2. The molecule has 0 heterocycles. The molecular weight excluding hydrogens is 602 g/mol. The van der Waals surface area contributed by atoms with E-state index in [1.807, 2.05) is 55.6 Å². The number of carboxylic acids is 1. The highest BCUT2D eigenvalue weighted by Gasteiger charge is 2.61. The van der Waals surface area contributed by atoms with Crippen LogP contribution in [-0.4, -0.2) is 34.5 Å². The second-order valence-corrected chi connectivity index (χ2v) is 13.0. The predicted octanol–water partition coefficient (Wildman–Crippen LogP) is 8.21. The van der Waals surface area contributed by atoms with Gasteiger partial charge in [-0.05, 0) is 101 Å². The number of aliphatic carboxylic acids is 1. The summed E-state index contributed by atoms with van der Waals surface area (Å²) < 4.78 is 28.6. The molecule has 1 aliphatic rings. The highest BCUT2D eigenvalue weighted by molar-refractivity contribution is 7.98. The second kappa shape index (κ2) is 14.1. The second-order valence-electron chi connectivity index (χ2n) is 12.0. The van der Waals surface area contributed by atoms with Gasteiger partial charge in [0.2, 0.25) is 0 Å². The molecule has 8 heteroatoms. The number of rotatable bonds is 13. The van der Waals surface area contributed by atoms with Gasteiger partial charge in [-0.3, -0.25) is 4.79 Å². The number of carbonyl (C=O) groups excluding carboxylic acids is 1. The van der Waals surface area contributed by atoms with Crippen molar-refractivity contribution in [1.29, 1.82) is 0 Å². The van der Waals surface area contributed by atoms with Crippen molar-refractivity contribution < 1.29 is 23.5 Å². The molecule has 2 N–H and O–H groups in total. The van der Waals surface area contributed by atoms with E-state index in [0.717, 1.165) is 52.4 Å². The van der Waals surface area contributed by atoms with E-state index in [0.29, 0.717) is 35.4 Å². The Morgan fingerprint density at radius 1 is 0.891 bits per heavy atom. The third kappa shape index (κ3) is 6.97. The van der Waals surface area contributed by atoms with Crippen LogP contribution in [0.3, 0.4) is 0 Å². The van der Waals surface area contributed by atoms with E-state index in [2.05, 4.69) is 36.2 Å². The van der Waals surface area contributed by atoms with Crippen molar-refractivity contribution in [1.82, 2.24) is 5.32 Å². The summed E-state index contributed by atoms with van der Waals surface area (Å²) in [6.07, 6.45) is 3.90. The average molecular weight is 643 g/mol. The third-order valence-electron chi connectivity index (χ3n) is 8.91. The van der Waals surface area contributed by atoms with E-state index in [1.165, 1.54) is 12.1 Å². The first-order chi connectivity index (χ1) is 22.1. The summed E-state index contributed by atoms with van der Waals surface area (Å²) in [5, 5.41) is 12.9. The lowest BCUT2D eigenvalue weighted by molar-refractivity contribution is -0.140. The van der Waals surface area contributed by atoms with Gasteiger partial charge in [-0.2, -0.15) is 11.8 Å². The molecule has 0 saturated heterocycles. The molecule has 1 unspecified atom stereocenters. The van der Waals surface area contributed by atoms with Gasteiger partial charge in [0.25, 0.3) is 5.91 Å². The Morgan fingerprint density at radius 2 is 1.54 bits per heavy atom. The SMILES string of the molecule is CCc1cccc(CC)c1N(Cc1cc(F)cc(F)c1)Cc1ccc(C(=O)N[C@]2(C(=O)O)CC2CSC)c(-c2ccccc2C)c1. The van der Waals surface area contributed by atoms with E-state index in [-0.39, 0.29) is 12.5 Å². The zero-order chi connectivity index (χ0) is 33.0. The molecule has 1 saturated carbocycles. The molecule has 5 rings (SSSR count). The lowest BCUT2D eigenvalue weighted by Crippen LogP contribution is -2.45. The number of aryl methyl sites for hydroxylation is 3. The number of anilines is 1. The van der Waals surface area contributed by atoms with E-state index in [1.54, 1.807) is 17.8 Å². The van der Waals surface area contributed by atoms with Crippen molar-refractivity contribution in [2.75, 3.05) is 16.9 Å². The fourth-order valence-electron chi connectivity index (χ4n) is 6.43. The molecule has 2 atom stereocenters. The monoisotopic (exact) mass is 642 g/mol. The summed E-state index contributed by atoms with van der Waals surface area (Å²) >= 11 is 1.57. The molecular formula is C38H40F2N2O3S. The minimum Gasteiger partial charge on any atom is -0.479 e. The Bertz CT molecular complexity index is 1720. The number of thioether (sulfide) groups is 1. The topological polar surface area (TPSA) is 69.6 Å². The molecule has 0 bridgehead atoms. The van der Waals surface area contributed by atoms with Gasteiger partial charge in [-0.15, -0.1) is 0 Å². The third-order valence-corrected chi connectivity index (χ3v) is 9.64. The maximum atomic E-state index is 14.3. The Hall–Kier alpha value is -4.17. The Balaban J connectivity index is 1.58. The van der Waals surface area contributed by atoms with Crippen LogP contribution in [0, 0.1) is 24.5 Å². The maximum absolute atomic E-state index is 14.3. The van der Waals surface area contributed by atoms with Crippen molar-refractivity contribution in [3.63, 3.8) is 0 Å². The van der Waals surface area contributed by atoms with Crippen LogP contribution < -0.4 is 10.2 Å². The Labute approximate surface area is 274 Å². The van der Waals surface area contributed by atoms with Gasteiger partial charge in [-0.1, -0.05) is 62.4 Å². The predicted molar refractivity (Wildman–Crippen MR) is 182 cm³/mol. The summed E-state index contributed by atoms with van der Waals surface area (Å²) in [4.78, 5) is 28.3. The first-order valence-corrected chi connectivity index (χ1v) is 17.0. The minimum absolute atomic E-state index is 0.127. The number of carboxylic acid groups (broad SMARTS) is 1. The van der Waals surface area contributed by atoms with E-state index >= 15 is 0 Å². The van der Waals surface area contributed by atoms with Gasteiger partial charge in [-0.25, -0.2) is 13.6 Å². The normalized spacial score (nSPS) is 17.0. The number of hydrogen-bond donors (Lipinski definition) is 2. The van der Waals surface area contributed by atoms with Gasteiger partial charge in [0.15, 0.2) is 0 Å². The van der Waals surface area contributed by atoms with Crippen LogP contribution in [0.15, 0.2) is 78.9 Å². The van der Waals surface area contributed by atoms with E-state index < -0.39 is 29.0 Å². The van der Waals surface area contributed by atoms with Gasteiger partial charge in [0, 0.05) is 36.3 Å². The number of halogens is 2. The van der Waals surface area contributed by atoms with Crippen molar-refractivity contribution >= 4 is 29.3 Å². The number of benzene rings is 4. The van der Waals surface area contributed by atoms with Crippen LogP contribution >= 0.6 is 11.8 Å². The van der Waals surface area contributed by atoms with Crippen LogP contribution in [0.1, 0.15) is 58.4 Å². The van der Waals surface area contributed by atoms with Gasteiger partial charge in [0.1, 0.15) is 17.2 Å². The average Bonchev–Trinajstić information content (AvgIpc) is 3.73. The number of carbonyl (C=O) groups is 2. The van der Waals surface area contributed by atoms with Crippen molar-refractivity contribution in [2.24, 2.45) is 5.92 Å². The fraction of sp³-hybridized carbons (Fsp3) is 0.316. The Kier molecular flexibility index (Phi) is 10.2. The van der Waals surface area contributed by atoms with Crippen LogP contribution in [-0.2, 0) is 30.7 Å². The Morgan fingerprint density at radius 3 is 2.15 bits per heavy atom. The number of hydrogen-bond acceptors (Lipinski definition) is 4. The summed E-state index contributed by atoms with van der Waals surface area (Å²) in [5.74, 6) is -2.16. The number of para-hydroxylation sites is 1. The molecule has 0 spiro atoms. The molecule has 4 aromatic carbocycles. The number of nitrogens with zero attached hydrogens (tertiary/aromatic N) is 1. The van der Waals surface area contributed by atoms with Crippen molar-refractivity contribution in [3.8, 4) is 11.1 Å². The van der Waals surface area contributed by atoms with Crippen molar-refractivity contribution in [3.05, 3.63) is 124 Å². The molecule has 1 fully saturated rings. The molecule has 5 nitrogen and oxygen atoms in total. The molecule has 240 valence electrons. The molecule has 0 aromatic heterocycles. The molecule has 1 aliphatic carbocycles. The number of nitrogens with one attached hydrogen (secondary N) is 1.